The van der Waals surface area contributed by atoms with Gasteiger partial charge in [-0.15, -0.1) is 18.3 Å². The molecule has 0 bridgehead atoms. The monoisotopic (exact) mass is 548 g/mol. The predicted octanol–water partition coefficient (Wildman–Crippen LogP) is 6.77. The Morgan fingerprint density at radius 2 is 1.80 bits per heavy atom. The maximum atomic E-state index is 12.3. The highest BCUT2D eigenvalue weighted by molar-refractivity contribution is 9.11. The van der Waals surface area contributed by atoms with E-state index in [2.05, 4.69) is 36.1 Å². The van der Waals surface area contributed by atoms with Gasteiger partial charge in [-0.2, -0.15) is 0 Å². The third-order valence-corrected chi connectivity index (χ3v) is 5.81. The largest absolute Gasteiger partial charge is 0.573 e. The zero-order valence-electron chi connectivity index (χ0n) is 18.4. The molecule has 35 heavy (non-hydrogen) atoms. The van der Waals surface area contributed by atoms with Crippen molar-refractivity contribution in [1.29, 1.82) is 0 Å². The first-order chi connectivity index (χ1) is 16.7. The summed E-state index contributed by atoms with van der Waals surface area (Å²) in [6, 6.07) is 12.2. The number of anilines is 1. The molecule has 1 atom stereocenters. The van der Waals surface area contributed by atoms with E-state index in [4.69, 9.17) is 4.74 Å². The number of benzene rings is 2. The van der Waals surface area contributed by atoms with Crippen LogP contribution in [0.1, 0.15) is 19.8 Å². The van der Waals surface area contributed by atoms with Gasteiger partial charge in [-0.3, -0.25) is 5.32 Å². The Labute approximate surface area is 207 Å². The first kappa shape index (κ1) is 24.5. The molecule has 1 aliphatic rings. The minimum Gasteiger partial charge on any atom is -0.442 e. The van der Waals surface area contributed by atoms with Crippen LogP contribution in [0, 0.1) is 0 Å². The summed E-state index contributed by atoms with van der Waals surface area (Å²) in [5.41, 5.74) is 2.80. The van der Waals surface area contributed by atoms with Gasteiger partial charge >= 0.3 is 12.5 Å². The Morgan fingerprint density at radius 3 is 2.43 bits per heavy atom. The Balaban J connectivity index is 1.36. The van der Waals surface area contributed by atoms with Gasteiger partial charge in [0, 0.05) is 11.3 Å². The van der Waals surface area contributed by atoms with Crippen LogP contribution in [0.15, 0.2) is 77.1 Å². The van der Waals surface area contributed by atoms with Gasteiger partial charge < -0.3 is 9.47 Å². The summed E-state index contributed by atoms with van der Waals surface area (Å²) in [5, 5.41) is 7.06. The highest BCUT2D eigenvalue weighted by Crippen LogP contribution is 2.26. The normalized spacial score (nSPS) is 14.5. The van der Waals surface area contributed by atoms with Gasteiger partial charge in [0.05, 0.1) is 5.69 Å². The molecule has 1 aromatic heterocycles. The predicted molar refractivity (Wildman–Crippen MR) is 127 cm³/mol. The molecule has 3 aromatic rings. The fraction of sp³-hybridized carbons (Fsp3) is 0.208. The number of allylic oxidation sites excluding steroid dienone is 3. The number of amides is 1. The van der Waals surface area contributed by atoms with E-state index in [1.807, 2.05) is 19.1 Å². The summed E-state index contributed by atoms with van der Waals surface area (Å²) < 4.78 is 48.8. The van der Waals surface area contributed by atoms with Crippen LogP contribution >= 0.6 is 15.9 Å². The lowest BCUT2D eigenvalue weighted by Gasteiger charge is -2.19. The molecule has 2 aromatic carbocycles. The highest BCUT2D eigenvalue weighted by Gasteiger charge is 2.31. The lowest BCUT2D eigenvalue weighted by molar-refractivity contribution is -0.274. The van der Waals surface area contributed by atoms with Crippen molar-refractivity contribution < 1.29 is 27.4 Å². The SMILES string of the molecule is CC(OC(=O)Nc1ccc(-c2ncn(-c3ccc(OC(F)(F)F)cc3)n2)cc1)C1=CC=C(Br)CC1. The van der Waals surface area contributed by atoms with E-state index in [1.54, 1.807) is 24.3 Å². The van der Waals surface area contributed by atoms with E-state index in [0.717, 1.165) is 22.9 Å². The number of carbonyl (C=O) groups is 1. The van der Waals surface area contributed by atoms with Gasteiger partial charge in [0.15, 0.2) is 5.82 Å². The summed E-state index contributed by atoms with van der Waals surface area (Å²) >= 11 is 3.45. The van der Waals surface area contributed by atoms with Gasteiger partial charge in [0.25, 0.3) is 0 Å². The summed E-state index contributed by atoms with van der Waals surface area (Å²) in [6.07, 6.45) is 1.43. The first-order valence-electron chi connectivity index (χ1n) is 10.6. The topological polar surface area (TPSA) is 78.3 Å². The van der Waals surface area contributed by atoms with Crippen LogP contribution in [0.2, 0.25) is 0 Å². The second-order valence-electron chi connectivity index (χ2n) is 7.66. The Kier molecular flexibility index (Phi) is 7.25. The molecule has 1 amide bonds. The third kappa shape index (κ3) is 6.72. The van der Waals surface area contributed by atoms with Crippen molar-refractivity contribution in [3.8, 4) is 22.8 Å². The maximum absolute atomic E-state index is 12.3. The average molecular weight is 549 g/mol. The molecule has 0 saturated heterocycles. The molecule has 0 spiro atoms. The fourth-order valence-electron chi connectivity index (χ4n) is 3.37. The van der Waals surface area contributed by atoms with Crippen LogP contribution in [0.4, 0.5) is 23.7 Å². The maximum Gasteiger partial charge on any atom is 0.573 e. The van der Waals surface area contributed by atoms with Gasteiger partial charge in [0.1, 0.15) is 18.2 Å². The minimum absolute atomic E-state index is 0.321. The molecular weight excluding hydrogens is 529 g/mol. The molecule has 4 rings (SSSR count). The Hall–Kier alpha value is -3.60. The van der Waals surface area contributed by atoms with E-state index in [-0.39, 0.29) is 11.9 Å². The van der Waals surface area contributed by atoms with Crippen LogP contribution in [-0.2, 0) is 4.74 Å². The quantitative estimate of drug-likeness (QED) is 0.367. The van der Waals surface area contributed by atoms with Crippen molar-refractivity contribution in [2.45, 2.75) is 32.2 Å². The van der Waals surface area contributed by atoms with Crippen molar-refractivity contribution in [3.63, 3.8) is 0 Å². The number of nitrogens with zero attached hydrogens (tertiary/aromatic N) is 3. The molecule has 1 aliphatic carbocycles. The fourth-order valence-corrected chi connectivity index (χ4v) is 3.70. The summed E-state index contributed by atoms with van der Waals surface area (Å²) in [5.74, 6) is 0.0878. The number of aromatic nitrogens is 3. The smallest absolute Gasteiger partial charge is 0.442 e. The van der Waals surface area contributed by atoms with Gasteiger partial charge in [-0.25, -0.2) is 14.5 Å². The number of ether oxygens (including phenoxy) is 2. The van der Waals surface area contributed by atoms with E-state index in [9.17, 15) is 18.0 Å². The van der Waals surface area contributed by atoms with E-state index >= 15 is 0 Å². The number of nitrogens with one attached hydrogen (secondary N) is 1. The second kappa shape index (κ2) is 10.3. The van der Waals surface area contributed by atoms with Crippen LogP contribution in [0.3, 0.4) is 0 Å². The lowest BCUT2D eigenvalue weighted by Crippen LogP contribution is -2.22. The molecule has 0 radical (unpaired) electrons. The molecule has 0 fully saturated rings. The molecule has 7 nitrogen and oxygen atoms in total. The number of rotatable bonds is 6. The number of alkyl halides is 3. The second-order valence-corrected chi connectivity index (χ2v) is 8.68. The lowest BCUT2D eigenvalue weighted by atomic mass is 10.0. The molecule has 0 saturated carbocycles. The van der Waals surface area contributed by atoms with Crippen molar-refractivity contribution in [2.75, 3.05) is 5.32 Å². The van der Waals surface area contributed by atoms with Gasteiger partial charge in [-0.05, 0) is 78.4 Å². The van der Waals surface area contributed by atoms with Crippen molar-refractivity contribution in [3.05, 3.63) is 77.1 Å². The van der Waals surface area contributed by atoms with E-state index in [0.29, 0.717) is 22.8 Å². The molecule has 1 unspecified atom stereocenters. The van der Waals surface area contributed by atoms with Crippen molar-refractivity contribution >= 4 is 27.7 Å². The molecule has 11 heteroatoms. The van der Waals surface area contributed by atoms with Crippen LogP contribution < -0.4 is 10.1 Å². The zero-order valence-corrected chi connectivity index (χ0v) is 20.0. The van der Waals surface area contributed by atoms with Crippen molar-refractivity contribution in [2.24, 2.45) is 0 Å². The minimum atomic E-state index is -4.75. The molecule has 1 heterocycles. The highest BCUT2D eigenvalue weighted by atomic mass is 79.9. The summed E-state index contributed by atoms with van der Waals surface area (Å²) in [4.78, 5) is 16.5. The average Bonchev–Trinajstić information content (AvgIpc) is 3.29. The third-order valence-electron chi connectivity index (χ3n) is 5.15. The van der Waals surface area contributed by atoms with Crippen LogP contribution in [-0.4, -0.2) is 33.3 Å². The molecule has 0 aliphatic heterocycles. The molecular formula is C24H20BrF3N4O3. The standard InChI is InChI=1S/C24H20BrF3N4O3/c1-15(16-2-6-18(25)7-3-16)34-23(33)30-19-8-4-17(5-9-19)22-29-14-32(31-22)20-10-12-21(13-11-20)35-24(26,27)28/h2,4-6,8-15H,3,7H2,1H3,(H,30,33). The van der Waals surface area contributed by atoms with Crippen LogP contribution in [0.25, 0.3) is 17.1 Å². The molecule has 182 valence electrons. The zero-order chi connectivity index (χ0) is 25.0. The molecule has 1 N–H and O–H groups in total. The van der Waals surface area contributed by atoms with E-state index in [1.165, 1.54) is 35.3 Å². The van der Waals surface area contributed by atoms with Crippen molar-refractivity contribution in [1.82, 2.24) is 14.8 Å². The van der Waals surface area contributed by atoms with Gasteiger partial charge in [-0.1, -0.05) is 28.1 Å². The number of hydrogen-bond donors (Lipinski definition) is 1. The Bertz CT molecular complexity index is 1250. The number of halogens is 4. The first-order valence-corrected chi connectivity index (χ1v) is 11.4. The Morgan fingerprint density at radius 1 is 1.09 bits per heavy atom. The number of carbonyl (C=O) groups excluding carboxylic acids is 1. The summed E-state index contributed by atoms with van der Waals surface area (Å²) in [6.45, 7) is 1.83. The number of hydrogen-bond acceptors (Lipinski definition) is 5. The van der Waals surface area contributed by atoms with Crippen LogP contribution in [0.5, 0.6) is 5.75 Å². The van der Waals surface area contributed by atoms with E-state index < -0.39 is 12.5 Å². The summed E-state index contributed by atoms with van der Waals surface area (Å²) in [7, 11) is 0. The van der Waals surface area contributed by atoms with Gasteiger partial charge in [0.2, 0.25) is 0 Å².